The van der Waals surface area contributed by atoms with Gasteiger partial charge in [-0.2, -0.15) is 9.78 Å². The van der Waals surface area contributed by atoms with Crippen LogP contribution in [0.15, 0.2) is 6.07 Å². The molecule has 0 radical (unpaired) electrons. The standard InChI is InChI=1S/C6H10N8/c7-2-1-3(8)14(13-2)6-4(9)5(10)11-12-6/h1H,8-9H2,(H2,7,13)(H3,10,11,12). The summed E-state index contributed by atoms with van der Waals surface area (Å²) >= 11 is 0. The average molecular weight is 194 g/mol. The number of hydrogen-bond donors (Lipinski definition) is 5. The van der Waals surface area contributed by atoms with Crippen molar-refractivity contribution in [3.63, 3.8) is 0 Å². The molecule has 2 aromatic heterocycles. The van der Waals surface area contributed by atoms with E-state index in [0.29, 0.717) is 23.1 Å². The van der Waals surface area contributed by atoms with Gasteiger partial charge in [0, 0.05) is 6.07 Å². The number of hydrogen-bond acceptors (Lipinski definition) is 6. The number of nitrogen functional groups attached to an aromatic ring is 4. The molecule has 0 atom stereocenters. The minimum atomic E-state index is 0.272. The topological polar surface area (TPSA) is 151 Å². The third-order valence-electron chi connectivity index (χ3n) is 1.77. The van der Waals surface area contributed by atoms with Crippen LogP contribution >= 0.6 is 0 Å². The van der Waals surface area contributed by atoms with E-state index in [1.54, 1.807) is 0 Å². The molecule has 0 fully saturated rings. The predicted molar refractivity (Wildman–Crippen MR) is 53.4 cm³/mol. The molecule has 2 rings (SSSR count). The van der Waals surface area contributed by atoms with Crippen LogP contribution in [0.25, 0.3) is 5.82 Å². The number of nitrogens with two attached hydrogens (primary N) is 4. The van der Waals surface area contributed by atoms with Crippen LogP contribution in [-0.2, 0) is 0 Å². The molecule has 8 nitrogen and oxygen atoms in total. The van der Waals surface area contributed by atoms with Gasteiger partial charge >= 0.3 is 0 Å². The Morgan fingerprint density at radius 2 is 1.93 bits per heavy atom. The van der Waals surface area contributed by atoms with Gasteiger partial charge in [-0.3, -0.25) is 5.10 Å². The summed E-state index contributed by atoms with van der Waals surface area (Å²) in [4.78, 5) is 0. The second-order valence-corrected chi connectivity index (χ2v) is 2.78. The zero-order chi connectivity index (χ0) is 10.3. The maximum Gasteiger partial charge on any atom is 0.202 e. The lowest BCUT2D eigenvalue weighted by molar-refractivity contribution is 0.852. The van der Waals surface area contributed by atoms with Crippen LogP contribution in [0.2, 0.25) is 0 Å². The highest BCUT2D eigenvalue weighted by atomic mass is 15.4. The lowest BCUT2D eigenvalue weighted by Crippen LogP contribution is -2.05. The Morgan fingerprint density at radius 3 is 2.36 bits per heavy atom. The van der Waals surface area contributed by atoms with Gasteiger partial charge in [-0.25, -0.2) is 0 Å². The van der Waals surface area contributed by atoms with Crippen molar-refractivity contribution in [2.75, 3.05) is 22.9 Å². The molecule has 0 saturated heterocycles. The Bertz CT molecular complexity index is 466. The number of H-pyrrole nitrogens is 1. The smallest absolute Gasteiger partial charge is 0.202 e. The predicted octanol–water partition coefficient (Wildman–Crippen LogP) is -1.08. The number of nitrogens with one attached hydrogen (secondary N) is 1. The normalized spacial score (nSPS) is 10.6. The van der Waals surface area contributed by atoms with Crippen molar-refractivity contribution in [1.82, 2.24) is 20.0 Å². The third kappa shape index (κ3) is 1.01. The van der Waals surface area contributed by atoms with E-state index >= 15 is 0 Å². The average Bonchev–Trinajstić information content (AvgIpc) is 2.59. The Kier molecular flexibility index (Phi) is 1.50. The van der Waals surface area contributed by atoms with E-state index in [-0.39, 0.29) is 5.82 Å². The van der Waals surface area contributed by atoms with Crippen LogP contribution in [0.3, 0.4) is 0 Å². The first kappa shape index (κ1) is 8.23. The minimum Gasteiger partial charge on any atom is -0.393 e. The van der Waals surface area contributed by atoms with E-state index in [1.807, 2.05) is 0 Å². The van der Waals surface area contributed by atoms with Gasteiger partial charge in [0.2, 0.25) is 5.82 Å². The highest BCUT2D eigenvalue weighted by molar-refractivity contribution is 5.69. The first-order valence-corrected chi connectivity index (χ1v) is 3.80. The molecule has 0 spiro atoms. The van der Waals surface area contributed by atoms with E-state index in [4.69, 9.17) is 22.9 Å². The molecule has 8 heteroatoms. The van der Waals surface area contributed by atoms with Crippen LogP contribution in [0.4, 0.5) is 23.1 Å². The molecule has 0 aliphatic carbocycles. The van der Waals surface area contributed by atoms with Gasteiger partial charge in [0.05, 0.1) is 0 Å². The second-order valence-electron chi connectivity index (χ2n) is 2.78. The molecule has 0 amide bonds. The summed E-state index contributed by atoms with van der Waals surface area (Å²) in [6.45, 7) is 0. The quantitative estimate of drug-likeness (QED) is 0.389. The van der Waals surface area contributed by atoms with Crippen LogP contribution in [-0.4, -0.2) is 20.0 Å². The van der Waals surface area contributed by atoms with Gasteiger partial charge < -0.3 is 22.9 Å². The summed E-state index contributed by atoms with van der Waals surface area (Å²) in [6.07, 6.45) is 0. The summed E-state index contributed by atoms with van der Waals surface area (Å²) in [5.41, 5.74) is 22.5. The van der Waals surface area contributed by atoms with E-state index in [9.17, 15) is 0 Å². The van der Waals surface area contributed by atoms with Crippen LogP contribution in [0.1, 0.15) is 0 Å². The number of aromatic nitrogens is 4. The van der Waals surface area contributed by atoms with Crippen molar-refractivity contribution in [3.8, 4) is 5.82 Å². The van der Waals surface area contributed by atoms with Gasteiger partial charge in [-0.15, -0.1) is 5.10 Å². The second kappa shape index (κ2) is 2.55. The van der Waals surface area contributed by atoms with Crippen LogP contribution in [0, 0.1) is 0 Å². The zero-order valence-electron chi connectivity index (χ0n) is 7.23. The molecule has 0 saturated carbocycles. The number of nitrogens with zero attached hydrogens (tertiary/aromatic N) is 3. The number of aromatic amines is 1. The molecular weight excluding hydrogens is 184 g/mol. The Hall–Kier alpha value is -2.38. The van der Waals surface area contributed by atoms with Crippen LogP contribution < -0.4 is 22.9 Å². The van der Waals surface area contributed by atoms with Crippen molar-refractivity contribution < 1.29 is 0 Å². The largest absolute Gasteiger partial charge is 0.393 e. The van der Waals surface area contributed by atoms with Crippen molar-refractivity contribution in [2.24, 2.45) is 0 Å². The molecule has 9 N–H and O–H groups in total. The summed E-state index contributed by atoms with van der Waals surface area (Å²) in [5, 5.41) is 10.3. The van der Waals surface area contributed by atoms with Gasteiger partial charge in [0.25, 0.3) is 0 Å². The van der Waals surface area contributed by atoms with E-state index in [0.717, 1.165) is 0 Å². The van der Waals surface area contributed by atoms with Gasteiger partial charge in [0.15, 0.2) is 0 Å². The van der Waals surface area contributed by atoms with Crippen LogP contribution in [0.5, 0.6) is 0 Å². The van der Waals surface area contributed by atoms with Crippen molar-refractivity contribution in [3.05, 3.63) is 6.07 Å². The lowest BCUT2D eigenvalue weighted by atomic mass is 10.5. The van der Waals surface area contributed by atoms with E-state index < -0.39 is 0 Å². The fraction of sp³-hybridized carbons (Fsp3) is 0. The molecule has 0 unspecified atom stereocenters. The van der Waals surface area contributed by atoms with Crippen molar-refractivity contribution >= 4 is 23.1 Å². The minimum absolute atomic E-state index is 0.272. The molecular formula is C6H10N8. The van der Waals surface area contributed by atoms with E-state index in [2.05, 4.69) is 15.3 Å². The lowest BCUT2D eigenvalue weighted by Gasteiger charge is -1.99. The maximum atomic E-state index is 5.64. The molecule has 0 aromatic carbocycles. The molecule has 74 valence electrons. The monoisotopic (exact) mass is 194 g/mol. The Balaban J connectivity index is 2.59. The molecule has 0 aliphatic rings. The molecule has 0 bridgehead atoms. The summed E-state index contributed by atoms with van der Waals surface area (Å²) in [5.74, 6) is 1.26. The Labute approximate surface area is 78.9 Å². The number of anilines is 4. The van der Waals surface area contributed by atoms with Crippen molar-refractivity contribution in [1.29, 1.82) is 0 Å². The molecule has 14 heavy (non-hydrogen) atoms. The zero-order valence-corrected chi connectivity index (χ0v) is 7.23. The number of rotatable bonds is 1. The molecule has 0 aliphatic heterocycles. The third-order valence-corrected chi connectivity index (χ3v) is 1.77. The Morgan fingerprint density at radius 1 is 1.21 bits per heavy atom. The molecule has 2 aromatic rings. The first-order chi connectivity index (χ1) is 6.59. The van der Waals surface area contributed by atoms with E-state index in [1.165, 1.54) is 10.7 Å². The fourth-order valence-corrected chi connectivity index (χ4v) is 1.10. The van der Waals surface area contributed by atoms with Crippen molar-refractivity contribution in [2.45, 2.75) is 0 Å². The fourth-order valence-electron chi connectivity index (χ4n) is 1.10. The summed E-state index contributed by atoms with van der Waals surface area (Å²) in [6, 6.07) is 1.50. The SMILES string of the molecule is Nc1cc(N)n(-c2n[nH]c(N)c2N)n1. The maximum absolute atomic E-state index is 5.64. The first-order valence-electron chi connectivity index (χ1n) is 3.80. The molecule has 2 heterocycles. The highest BCUT2D eigenvalue weighted by Crippen LogP contribution is 2.22. The highest BCUT2D eigenvalue weighted by Gasteiger charge is 2.13. The van der Waals surface area contributed by atoms with Gasteiger partial charge in [-0.05, 0) is 0 Å². The van der Waals surface area contributed by atoms with Gasteiger partial charge in [-0.1, -0.05) is 0 Å². The summed E-state index contributed by atoms with van der Waals surface area (Å²) in [7, 11) is 0. The summed E-state index contributed by atoms with van der Waals surface area (Å²) < 4.78 is 1.32. The van der Waals surface area contributed by atoms with Gasteiger partial charge in [0.1, 0.15) is 23.1 Å².